The lowest BCUT2D eigenvalue weighted by molar-refractivity contribution is -0.00177. The van der Waals surface area contributed by atoms with E-state index in [2.05, 4.69) is 36.8 Å². The van der Waals surface area contributed by atoms with E-state index in [1.54, 1.807) is 16.6 Å². The van der Waals surface area contributed by atoms with Crippen molar-refractivity contribution in [3.63, 3.8) is 0 Å². The zero-order chi connectivity index (χ0) is 28.3. The summed E-state index contributed by atoms with van der Waals surface area (Å²) in [5, 5.41) is 32.1. The Morgan fingerprint density at radius 2 is 2.05 bits per heavy atom. The molecule has 0 spiro atoms. The molecule has 0 radical (unpaired) electrons. The molecule has 3 aromatic heterocycles. The summed E-state index contributed by atoms with van der Waals surface area (Å²) in [5.41, 5.74) is 1.50. The average molecular weight is 538 g/mol. The lowest BCUT2D eigenvalue weighted by atomic mass is 9.76. The molecule has 1 saturated carbocycles. The summed E-state index contributed by atoms with van der Waals surface area (Å²) in [5.74, 6) is -0.302. The van der Waals surface area contributed by atoms with Gasteiger partial charge in [-0.25, -0.2) is 13.7 Å². The van der Waals surface area contributed by atoms with Crippen LogP contribution in [-0.2, 0) is 4.74 Å². The van der Waals surface area contributed by atoms with Gasteiger partial charge in [-0.3, -0.25) is 9.78 Å². The van der Waals surface area contributed by atoms with E-state index in [-0.39, 0.29) is 30.1 Å². The molecule has 0 aliphatic heterocycles. The van der Waals surface area contributed by atoms with Gasteiger partial charge in [0.2, 0.25) is 0 Å². The maximum Gasteiger partial charge on any atom is 0.407 e. The third kappa shape index (κ3) is 6.26. The fraction of sp³-hybridized carbons (Fsp3) is 0.444. The third-order valence-corrected chi connectivity index (χ3v) is 7.02. The van der Waals surface area contributed by atoms with Crippen molar-refractivity contribution < 1.29 is 23.8 Å². The number of carbonyl (C=O) groups is 2. The molecule has 0 saturated heterocycles. The number of aliphatic hydroxyl groups is 1. The van der Waals surface area contributed by atoms with E-state index in [1.807, 2.05) is 19.1 Å². The van der Waals surface area contributed by atoms with Crippen LogP contribution in [0.4, 0.5) is 14.9 Å². The first-order chi connectivity index (χ1) is 18.5. The number of hydrogen-bond acceptors (Lipinski definition) is 8. The minimum absolute atomic E-state index is 0.0318. The molecule has 1 fully saturated rings. The maximum absolute atomic E-state index is 14.3. The van der Waals surface area contributed by atoms with Crippen LogP contribution in [0.5, 0.6) is 0 Å². The Labute approximate surface area is 225 Å². The highest BCUT2D eigenvalue weighted by Crippen LogP contribution is 2.34. The first kappa shape index (κ1) is 27.8. The Hall–Kier alpha value is -4.24. The van der Waals surface area contributed by atoms with Crippen molar-refractivity contribution in [2.24, 2.45) is 5.92 Å². The fourth-order valence-corrected chi connectivity index (χ4v) is 4.45. The number of hydrogen-bond donors (Lipinski definition) is 4. The Kier molecular flexibility index (Phi) is 8.01. The summed E-state index contributed by atoms with van der Waals surface area (Å²) in [6.45, 7) is 4.23. The molecule has 4 rings (SSSR count). The highest BCUT2D eigenvalue weighted by molar-refractivity contribution is 6.00. The lowest BCUT2D eigenvalue weighted by Gasteiger charge is -2.40. The summed E-state index contributed by atoms with van der Waals surface area (Å²) in [7, 11) is 1.32. The number of alkyl carbamates (subject to hydrolysis) is 1. The summed E-state index contributed by atoms with van der Waals surface area (Å²) >= 11 is 0. The highest BCUT2D eigenvalue weighted by Gasteiger charge is 2.35. The first-order valence-electron chi connectivity index (χ1n) is 12.6. The SMILES string of the molecule is COC(=O)NC(C)C1CC(Nc2cc(-c3ccc4cc(C#N)cnn34)ncc2C(=O)NC[C@@H](F)C(C)(C)O)C1. The van der Waals surface area contributed by atoms with Crippen molar-refractivity contribution in [1.82, 2.24) is 25.2 Å². The molecule has 2 atom stereocenters. The van der Waals surface area contributed by atoms with Crippen LogP contribution >= 0.6 is 0 Å². The third-order valence-electron chi connectivity index (χ3n) is 7.02. The van der Waals surface area contributed by atoms with Crippen LogP contribution in [-0.4, -0.2) is 69.2 Å². The fourth-order valence-electron chi connectivity index (χ4n) is 4.45. The normalized spacial score (nSPS) is 18.4. The van der Waals surface area contributed by atoms with Crippen molar-refractivity contribution in [3.05, 3.63) is 47.8 Å². The summed E-state index contributed by atoms with van der Waals surface area (Å²) in [6, 6.07) is 9.12. The van der Waals surface area contributed by atoms with Gasteiger partial charge in [0.05, 0.1) is 59.2 Å². The molecule has 206 valence electrons. The van der Waals surface area contributed by atoms with E-state index >= 15 is 0 Å². The van der Waals surface area contributed by atoms with Crippen LogP contribution in [0.25, 0.3) is 16.9 Å². The number of nitrogens with one attached hydrogen (secondary N) is 3. The largest absolute Gasteiger partial charge is 0.453 e. The number of carbonyl (C=O) groups excluding carboxylic acids is 2. The van der Waals surface area contributed by atoms with Crippen molar-refractivity contribution in [3.8, 4) is 17.5 Å². The van der Waals surface area contributed by atoms with Crippen LogP contribution in [0.3, 0.4) is 0 Å². The van der Waals surface area contributed by atoms with Gasteiger partial charge in [-0.2, -0.15) is 10.4 Å². The number of anilines is 1. The second-order valence-corrected chi connectivity index (χ2v) is 10.4. The minimum Gasteiger partial charge on any atom is -0.453 e. The van der Waals surface area contributed by atoms with E-state index in [1.165, 1.54) is 33.4 Å². The van der Waals surface area contributed by atoms with Gasteiger partial charge < -0.3 is 25.8 Å². The number of fused-ring (bicyclic) bond motifs is 1. The van der Waals surface area contributed by atoms with Crippen LogP contribution in [0.1, 0.15) is 49.5 Å². The van der Waals surface area contributed by atoms with Gasteiger partial charge in [-0.1, -0.05) is 0 Å². The first-order valence-corrected chi connectivity index (χ1v) is 12.6. The van der Waals surface area contributed by atoms with Crippen molar-refractivity contribution >= 4 is 23.2 Å². The predicted molar refractivity (Wildman–Crippen MR) is 142 cm³/mol. The second-order valence-electron chi connectivity index (χ2n) is 10.4. The van der Waals surface area contributed by atoms with Crippen LogP contribution in [0, 0.1) is 17.2 Å². The predicted octanol–water partition coefficient (Wildman–Crippen LogP) is 3.04. The molecule has 11 nitrogen and oxygen atoms in total. The lowest BCUT2D eigenvalue weighted by Crippen LogP contribution is -2.47. The van der Waals surface area contributed by atoms with Gasteiger partial charge in [-0.05, 0) is 63.8 Å². The van der Waals surface area contributed by atoms with Crippen LogP contribution < -0.4 is 16.0 Å². The number of nitrogens with zero attached hydrogens (tertiary/aromatic N) is 4. The molecular weight excluding hydrogens is 505 g/mol. The summed E-state index contributed by atoms with van der Waals surface area (Å²) in [6.07, 6.45) is 2.25. The number of pyridine rings is 1. The number of nitriles is 1. The molecule has 12 heteroatoms. The zero-order valence-electron chi connectivity index (χ0n) is 22.2. The van der Waals surface area contributed by atoms with E-state index in [0.717, 1.165) is 18.4 Å². The van der Waals surface area contributed by atoms with Crippen LogP contribution in [0.15, 0.2) is 36.7 Å². The second kappa shape index (κ2) is 11.2. The number of rotatable bonds is 9. The van der Waals surface area contributed by atoms with Crippen molar-refractivity contribution in [2.75, 3.05) is 19.0 Å². The molecule has 3 heterocycles. The molecule has 39 heavy (non-hydrogen) atoms. The monoisotopic (exact) mass is 537 g/mol. The van der Waals surface area contributed by atoms with E-state index in [4.69, 9.17) is 5.26 Å². The molecule has 4 N–H and O–H groups in total. The van der Waals surface area contributed by atoms with Gasteiger partial charge in [0.25, 0.3) is 5.91 Å². The molecule has 0 aromatic carbocycles. The van der Waals surface area contributed by atoms with Crippen molar-refractivity contribution in [1.29, 1.82) is 5.26 Å². The summed E-state index contributed by atoms with van der Waals surface area (Å²) < 4.78 is 20.6. The quantitative estimate of drug-likeness (QED) is 0.325. The number of alkyl halides is 1. The van der Waals surface area contributed by atoms with E-state index in [9.17, 15) is 19.1 Å². The molecule has 0 bridgehead atoms. The van der Waals surface area contributed by atoms with Crippen LogP contribution in [0.2, 0.25) is 0 Å². The van der Waals surface area contributed by atoms with E-state index < -0.39 is 23.8 Å². The Morgan fingerprint density at radius 3 is 2.72 bits per heavy atom. The highest BCUT2D eigenvalue weighted by atomic mass is 19.1. The van der Waals surface area contributed by atoms with Gasteiger partial charge in [0.1, 0.15) is 12.2 Å². The van der Waals surface area contributed by atoms with E-state index in [0.29, 0.717) is 22.6 Å². The van der Waals surface area contributed by atoms with Gasteiger partial charge in [-0.15, -0.1) is 0 Å². The Morgan fingerprint density at radius 1 is 1.31 bits per heavy atom. The molecule has 2 amide bonds. The Balaban J connectivity index is 1.58. The zero-order valence-corrected chi connectivity index (χ0v) is 22.2. The van der Waals surface area contributed by atoms with Gasteiger partial charge >= 0.3 is 6.09 Å². The smallest absolute Gasteiger partial charge is 0.407 e. The molecule has 1 aliphatic carbocycles. The average Bonchev–Trinajstić information content (AvgIpc) is 3.31. The number of halogens is 1. The molecule has 1 unspecified atom stereocenters. The standard InChI is InChI=1S/C27H32FN7O4/c1-15(33-26(37)39-4)17-8-18(9-17)34-21-10-22(23-6-5-19-7-16(11-29)12-32-35(19)23)30-13-20(21)25(36)31-14-24(28)27(2,3)38/h5-7,10,12-13,15,17-18,24,38H,8-9,14H2,1-4H3,(H,30,34)(H,31,36)(H,33,37)/t15?,17?,18?,24-/m1/s1. The van der Waals surface area contributed by atoms with Crippen molar-refractivity contribution in [2.45, 2.75) is 57.5 Å². The molecule has 1 aliphatic rings. The Bertz CT molecular complexity index is 1410. The molecule has 3 aromatic rings. The summed E-state index contributed by atoms with van der Waals surface area (Å²) in [4.78, 5) is 29.1. The number of aromatic nitrogens is 3. The van der Waals surface area contributed by atoms with Gasteiger partial charge in [0, 0.05) is 18.3 Å². The number of methoxy groups -OCH3 is 1. The topological polar surface area (TPSA) is 154 Å². The van der Waals surface area contributed by atoms with Gasteiger partial charge in [0.15, 0.2) is 0 Å². The minimum atomic E-state index is -1.65. The number of ether oxygens (including phenoxy) is 1. The maximum atomic E-state index is 14.3. The molecular formula is C27H32FN7O4. The number of amides is 2.